The van der Waals surface area contributed by atoms with Gasteiger partial charge in [0.15, 0.2) is 29.1 Å². The number of anilines is 1. The van der Waals surface area contributed by atoms with Crippen LogP contribution in [0.1, 0.15) is 37.9 Å². The van der Waals surface area contributed by atoms with Crippen molar-refractivity contribution in [2.45, 2.75) is 18.6 Å². The van der Waals surface area contributed by atoms with Crippen LogP contribution >= 0.6 is 15.9 Å². The number of esters is 1. The monoisotopic (exact) mass is 769 g/mol. The molecule has 0 radical (unpaired) electrons. The highest BCUT2D eigenvalue weighted by molar-refractivity contribution is 9.09. The van der Waals surface area contributed by atoms with Crippen LogP contribution in [0, 0.1) is 5.82 Å². The first kappa shape index (κ1) is 36.9. The summed E-state index contributed by atoms with van der Waals surface area (Å²) in [5.41, 5.74) is 1.14. The van der Waals surface area contributed by atoms with Crippen LogP contribution in [0.5, 0.6) is 46.0 Å². The molecule has 0 spiro atoms. The molecule has 5 rings (SSSR count). The molecule has 14 heteroatoms. The third kappa shape index (κ3) is 8.01. The number of methoxy groups -OCH3 is 6. The SMILES string of the molecule is COc1cc(OC)c2c(c1)O[C@H](c1cc(OC)c(OC)c(OC)c1)[C@H](OC(=O)c1ccc(F)c(NC(=O)c3ccc(OC)c(OCCBr)c3)c1)C2. The maximum Gasteiger partial charge on any atom is 0.338 e. The van der Waals surface area contributed by atoms with Crippen molar-refractivity contribution in [3.05, 3.63) is 88.7 Å². The Labute approximate surface area is 302 Å². The van der Waals surface area contributed by atoms with Gasteiger partial charge in [-0.3, -0.25) is 4.79 Å². The summed E-state index contributed by atoms with van der Waals surface area (Å²) in [5, 5.41) is 3.10. The number of fused-ring (bicyclic) bond motifs is 1. The Morgan fingerprint density at radius 3 is 2.10 bits per heavy atom. The number of amides is 1. The molecule has 270 valence electrons. The van der Waals surface area contributed by atoms with Crippen molar-refractivity contribution in [3.8, 4) is 46.0 Å². The van der Waals surface area contributed by atoms with Gasteiger partial charge in [-0.25, -0.2) is 9.18 Å². The van der Waals surface area contributed by atoms with E-state index in [1.54, 1.807) is 30.3 Å². The number of rotatable bonds is 14. The molecule has 4 aromatic carbocycles. The molecule has 0 unspecified atom stereocenters. The molecule has 1 aliphatic heterocycles. The van der Waals surface area contributed by atoms with Crippen LogP contribution in [0.25, 0.3) is 0 Å². The Balaban J connectivity index is 1.46. The Kier molecular flexibility index (Phi) is 12.0. The fraction of sp³-hybridized carbons (Fsp3) is 0.297. The summed E-state index contributed by atoms with van der Waals surface area (Å²) in [6.45, 7) is 0.333. The number of hydrogen-bond acceptors (Lipinski definition) is 11. The third-order valence-corrected chi connectivity index (χ3v) is 8.40. The smallest absolute Gasteiger partial charge is 0.338 e. The molecule has 0 saturated heterocycles. The molecule has 1 aliphatic rings. The normalized spacial score (nSPS) is 14.7. The van der Waals surface area contributed by atoms with E-state index in [1.807, 2.05) is 0 Å². The fourth-order valence-electron chi connectivity index (χ4n) is 5.60. The summed E-state index contributed by atoms with van der Waals surface area (Å²) in [4.78, 5) is 27.0. The number of nitrogens with one attached hydrogen (secondary N) is 1. The predicted molar refractivity (Wildman–Crippen MR) is 189 cm³/mol. The number of hydrogen-bond donors (Lipinski definition) is 1. The van der Waals surface area contributed by atoms with E-state index in [2.05, 4.69) is 21.2 Å². The molecule has 4 aromatic rings. The van der Waals surface area contributed by atoms with Crippen molar-refractivity contribution in [3.63, 3.8) is 0 Å². The molecule has 0 fully saturated rings. The molecule has 0 aromatic heterocycles. The molecule has 0 saturated carbocycles. The summed E-state index contributed by atoms with van der Waals surface area (Å²) in [7, 11) is 8.99. The first-order valence-corrected chi connectivity index (χ1v) is 16.7. The molecule has 0 aliphatic carbocycles. The van der Waals surface area contributed by atoms with Gasteiger partial charge in [0.1, 0.15) is 29.2 Å². The molecule has 1 amide bonds. The van der Waals surface area contributed by atoms with Gasteiger partial charge in [-0.15, -0.1) is 0 Å². The average Bonchev–Trinajstić information content (AvgIpc) is 3.16. The van der Waals surface area contributed by atoms with E-state index in [4.69, 9.17) is 42.6 Å². The number of carbonyl (C=O) groups is 2. The van der Waals surface area contributed by atoms with E-state index in [-0.39, 0.29) is 23.2 Å². The molecule has 1 N–H and O–H groups in total. The van der Waals surface area contributed by atoms with Crippen LogP contribution in [-0.4, -0.2) is 72.6 Å². The van der Waals surface area contributed by atoms with E-state index in [0.29, 0.717) is 69.1 Å². The highest BCUT2D eigenvalue weighted by atomic mass is 79.9. The largest absolute Gasteiger partial charge is 0.496 e. The van der Waals surface area contributed by atoms with Gasteiger partial charge in [0.2, 0.25) is 5.75 Å². The van der Waals surface area contributed by atoms with E-state index >= 15 is 4.39 Å². The minimum Gasteiger partial charge on any atom is -0.496 e. The summed E-state index contributed by atoms with van der Waals surface area (Å²) < 4.78 is 66.3. The van der Waals surface area contributed by atoms with Gasteiger partial charge in [0.05, 0.1) is 60.5 Å². The van der Waals surface area contributed by atoms with E-state index < -0.39 is 29.9 Å². The predicted octanol–water partition coefficient (Wildman–Crippen LogP) is 6.81. The van der Waals surface area contributed by atoms with Gasteiger partial charge in [-0.2, -0.15) is 0 Å². The van der Waals surface area contributed by atoms with Gasteiger partial charge in [0, 0.05) is 40.6 Å². The lowest BCUT2D eigenvalue weighted by Crippen LogP contribution is -2.35. The van der Waals surface area contributed by atoms with E-state index in [0.717, 1.165) is 6.07 Å². The quantitative estimate of drug-likeness (QED) is 0.107. The summed E-state index contributed by atoms with van der Waals surface area (Å²) in [6, 6.07) is 15.0. The minimum atomic E-state index is -0.921. The van der Waals surface area contributed by atoms with Crippen molar-refractivity contribution in [2.75, 3.05) is 59.9 Å². The molecule has 12 nitrogen and oxygen atoms in total. The average molecular weight is 771 g/mol. The van der Waals surface area contributed by atoms with Gasteiger partial charge in [-0.05, 0) is 48.5 Å². The van der Waals surface area contributed by atoms with Crippen molar-refractivity contribution in [2.24, 2.45) is 0 Å². The van der Waals surface area contributed by atoms with Crippen LogP contribution in [0.2, 0.25) is 0 Å². The van der Waals surface area contributed by atoms with Crippen LogP contribution in [0.15, 0.2) is 60.7 Å². The molecular weight excluding hydrogens is 733 g/mol. The fourth-order valence-corrected chi connectivity index (χ4v) is 5.76. The van der Waals surface area contributed by atoms with Crippen molar-refractivity contribution >= 4 is 33.5 Å². The standard InChI is InChI=1S/C37H37BrFNO11/c1-43-23-17-28(45-3)24-19-33(34(50-29(24)18-23)22-15-31(46-4)35(48-6)32(16-22)47-5)51-37(42)21-7-9-25(39)26(13-21)40-36(41)20-8-10-27(44-2)30(14-20)49-12-11-38/h7-10,13-18,33-34H,11-12,19H2,1-6H3,(H,40,41)/t33-,34-/m1/s1. The first-order valence-electron chi connectivity index (χ1n) is 15.6. The molecule has 2 atom stereocenters. The molecular formula is C37H37BrFNO11. The third-order valence-electron chi connectivity index (χ3n) is 8.08. The second kappa shape index (κ2) is 16.6. The van der Waals surface area contributed by atoms with Crippen LogP contribution in [-0.2, 0) is 11.2 Å². The zero-order valence-electron chi connectivity index (χ0n) is 28.8. The second-order valence-electron chi connectivity index (χ2n) is 11.0. The van der Waals surface area contributed by atoms with Crippen molar-refractivity contribution in [1.29, 1.82) is 0 Å². The van der Waals surface area contributed by atoms with Crippen LogP contribution in [0.4, 0.5) is 10.1 Å². The zero-order valence-corrected chi connectivity index (χ0v) is 30.4. The highest BCUT2D eigenvalue weighted by Gasteiger charge is 2.38. The number of alkyl halides is 1. The first-order chi connectivity index (χ1) is 24.7. The Morgan fingerprint density at radius 2 is 1.47 bits per heavy atom. The van der Waals surface area contributed by atoms with E-state index in [9.17, 15) is 9.59 Å². The zero-order chi connectivity index (χ0) is 36.7. The topological polar surface area (TPSA) is 129 Å². The molecule has 1 heterocycles. The summed E-state index contributed by atoms with van der Waals surface area (Å²) in [6.07, 6.45) is -1.62. The van der Waals surface area contributed by atoms with Crippen molar-refractivity contribution in [1.82, 2.24) is 0 Å². The van der Waals surface area contributed by atoms with Gasteiger partial charge in [0.25, 0.3) is 5.91 Å². The summed E-state index contributed by atoms with van der Waals surface area (Å²) in [5.74, 6) is 1.14. The lowest BCUT2D eigenvalue weighted by Gasteiger charge is -2.34. The number of carbonyl (C=O) groups excluding carboxylic acids is 2. The lowest BCUT2D eigenvalue weighted by atomic mass is 9.93. The van der Waals surface area contributed by atoms with Gasteiger partial charge >= 0.3 is 5.97 Å². The Bertz CT molecular complexity index is 1880. The van der Waals surface area contributed by atoms with E-state index in [1.165, 1.54) is 66.9 Å². The number of halogens is 2. The minimum absolute atomic E-state index is 0.0149. The number of ether oxygens (including phenoxy) is 9. The number of benzene rings is 4. The maximum atomic E-state index is 15.0. The van der Waals surface area contributed by atoms with Gasteiger partial charge < -0.3 is 47.9 Å². The lowest BCUT2D eigenvalue weighted by molar-refractivity contribution is -0.0188. The second-order valence-corrected chi connectivity index (χ2v) is 11.8. The summed E-state index contributed by atoms with van der Waals surface area (Å²) >= 11 is 3.30. The van der Waals surface area contributed by atoms with Crippen LogP contribution < -0.4 is 43.2 Å². The highest BCUT2D eigenvalue weighted by Crippen LogP contribution is 2.47. The van der Waals surface area contributed by atoms with Gasteiger partial charge in [-0.1, -0.05) is 15.9 Å². The Hall–Kier alpha value is -5.37. The maximum absolute atomic E-state index is 15.0. The van der Waals surface area contributed by atoms with Crippen LogP contribution in [0.3, 0.4) is 0 Å². The van der Waals surface area contributed by atoms with Crippen molar-refractivity contribution < 1.29 is 56.6 Å². The molecule has 0 bridgehead atoms. The molecule has 51 heavy (non-hydrogen) atoms. The Morgan fingerprint density at radius 1 is 0.784 bits per heavy atom.